The Morgan fingerprint density at radius 1 is 0.750 bits per heavy atom. The number of aryl methyl sites for hydroxylation is 3. The van der Waals surface area contributed by atoms with Crippen molar-refractivity contribution in [1.82, 2.24) is 24.8 Å². The van der Waals surface area contributed by atoms with Crippen LogP contribution in [0.15, 0.2) is 55.7 Å². The molecule has 0 saturated carbocycles. The molecule has 1 N–H and O–H groups in total. The fourth-order valence-electron chi connectivity index (χ4n) is 6.86. The predicted octanol–water partition coefficient (Wildman–Crippen LogP) is 6.95. The average molecular weight is 747 g/mol. The number of aromatic nitrogens is 4. The second-order valence-corrected chi connectivity index (χ2v) is 13.0. The summed E-state index contributed by atoms with van der Waals surface area (Å²) in [6, 6.07) is 7.70. The van der Waals surface area contributed by atoms with Crippen LogP contribution in [0.1, 0.15) is 91.0 Å². The zero-order valence-corrected chi connectivity index (χ0v) is 33.0. The van der Waals surface area contributed by atoms with Gasteiger partial charge in [-0.05, 0) is 69.2 Å². The van der Waals surface area contributed by atoms with E-state index in [4.69, 9.17) is 19.9 Å². The summed E-state index contributed by atoms with van der Waals surface area (Å²) in [5.41, 5.74) is 12.7. The number of aliphatic carboxylic acids is 1. The van der Waals surface area contributed by atoms with Crippen molar-refractivity contribution in [3.8, 4) is 0 Å². The van der Waals surface area contributed by atoms with Crippen LogP contribution in [0.2, 0.25) is 0 Å². The van der Waals surface area contributed by atoms with E-state index in [1.807, 2.05) is 52.0 Å². The molecule has 0 aromatic carbocycles. The van der Waals surface area contributed by atoms with E-state index in [0.717, 1.165) is 66.4 Å². The summed E-state index contributed by atoms with van der Waals surface area (Å²) in [7, 11) is 0. The van der Waals surface area contributed by atoms with Gasteiger partial charge in [0.15, 0.2) is 0 Å². The molecular weight excluding hydrogens is 708 g/mol. The van der Waals surface area contributed by atoms with Crippen LogP contribution in [0.5, 0.6) is 0 Å². The maximum Gasteiger partial charge on any atom is 2.00 e. The molecule has 260 valence electrons. The number of carboxylic acids is 1. The standard InChI is InChI=1S/C41H41N5O5.Zn/c1-7-27-22(3)31-18-32-24(5)29(12-11-26(47)10-9-17-46-39(48)14-15-40(46)49)37(44-32)21-38-30(13-16-41(50)51)25(6)34(45-38)20-36-28(8-2)23(4)33(43-36)19-35(27)42-31;/h7-8,14-15,18-21H,1-2,9-13,16-17H2,3-6H3,(H3,42,43,44,45,48,49,50,51);/q;+2/p-2. The molecule has 0 spiro atoms. The second-order valence-electron chi connectivity index (χ2n) is 13.0. The predicted molar refractivity (Wildman–Crippen MR) is 199 cm³/mol. The Kier molecular flexibility index (Phi) is 11.3. The number of rotatable bonds is 12. The van der Waals surface area contributed by atoms with E-state index < -0.39 is 5.97 Å². The van der Waals surface area contributed by atoms with Gasteiger partial charge in [-0.15, -0.1) is 22.1 Å². The minimum absolute atomic E-state index is 0. The Bertz CT molecular complexity index is 2300. The van der Waals surface area contributed by atoms with Crippen LogP contribution in [0.4, 0.5) is 0 Å². The molecule has 3 aromatic rings. The molecule has 6 heterocycles. The van der Waals surface area contributed by atoms with Crippen molar-refractivity contribution in [2.75, 3.05) is 6.54 Å². The van der Waals surface area contributed by atoms with Gasteiger partial charge in [0.05, 0.1) is 22.8 Å². The van der Waals surface area contributed by atoms with Gasteiger partial charge in [-0.2, -0.15) is 0 Å². The van der Waals surface area contributed by atoms with Crippen molar-refractivity contribution in [2.24, 2.45) is 0 Å². The van der Waals surface area contributed by atoms with Crippen molar-refractivity contribution in [3.63, 3.8) is 0 Å². The fraction of sp³-hybridized carbons (Fsp3) is 0.268. The maximum absolute atomic E-state index is 13.1. The smallest absolute Gasteiger partial charge is 0.657 e. The van der Waals surface area contributed by atoms with E-state index in [-0.39, 0.29) is 69.3 Å². The maximum atomic E-state index is 13.1. The third kappa shape index (κ3) is 7.37. The van der Waals surface area contributed by atoms with Crippen molar-refractivity contribution < 1.29 is 43.8 Å². The van der Waals surface area contributed by atoms with E-state index in [9.17, 15) is 24.3 Å². The van der Waals surface area contributed by atoms with Gasteiger partial charge in [-0.1, -0.05) is 66.3 Å². The molecule has 10 nitrogen and oxygen atoms in total. The number of fused-ring (bicyclic) bond motifs is 8. The van der Waals surface area contributed by atoms with E-state index in [1.165, 1.54) is 12.2 Å². The summed E-state index contributed by atoms with van der Waals surface area (Å²) < 4.78 is 0. The monoisotopic (exact) mass is 745 g/mol. The number of carbonyl (C=O) groups excluding carboxylic acids is 3. The Labute approximate surface area is 314 Å². The molecule has 8 bridgehead atoms. The van der Waals surface area contributed by atoms with Crippen molar-refractivity contribution in [2.45, 2.75) is 66.2 Å². The SMILES string of the molecule is C=CC1=C(C)c2cc3[n-]c(cc4nc(cc5[n-]c(cc1n2)c(C)c5C=C)C(C)=C4CCC(=O)O)c(CCC(=O)CCCN1C(=O)C=CC1=O)c3C.[Zn+2]. The van der Waals surface area contributed by atoms with E-state index >= 15 is 0 Å². The summed E-state index contributed by atoms with van der Waals surface area (Å²) in [5, 5.41) is 9.57. The number of carboxylic acid groups (broad SMARTS) is 1. The molecule has 0 atom stereocenters. The third-order valence-corrected chi connectivity index (χ3v) is 9.87. The molecule has 0 unspecified atom stereocenters. The topological polar surface area (TPSA) is 146 Å². The number of allylic oxidation sites excluding steroid dienone is 5. The fourth-order valence-corrected chi connectivity index (χ4v) is 6.86. The minimum Gasteiger partial charge on any atom is -0.657 e. The Morgan fingerprint density at radius 2 is 1.35 bits per heavy atom. The number of ketones is 1. The molecule has 6 rings (SSSR count). The molecule has 0 radical (unpaired) electrons. The number of hydrogen-bond acceptors (Lipinski definition) is 6. The molecule has 2 amide bonds. The number of hydrogen-bond donors (Lipinski definition) is 1. The molecular formula is C41H39N5O5Zn. The Balaban J connectivity index is 0.00000523. The normalized spacial score (nSPS) is 14.0. The van der Waals surface area contributed by atoms with Gasteiger partial charge >= 0.3 is 25.4 Å². The van der Waals surface area contributed by atoms with Gasteiger partial charge in [0.25, 0.3) is 11.8 Å². The molecule has 0 saturated heterocycles. The summed E-state index contributed by atoms with van der Waals surface area (Å²) in [4.78, 5) is 69.7. The van der Waals surface area contributed by atoms with Gasteiger partial charge in [0, 0.05) is 43.5 Å². The van der Waals surface area contributed by atoms with Gasteiger partial charge in [-0.3, -0.25) is 24.1 Å². The van der Waals surface area contributed by atoms with Gasteiger partial charge < -0.3 is 15.1 Å². The van der Waals surface area contributed by atoms with Crippen LogP contribution >= 0.6 is 0 Å². The molecule has 11 heteroatoms. The largest absolute Gasteiger partial charge is 2.00 e. The van der Waals surface area contributed by atoms with Crippen molar-refractivity contribution in [3.05, 3.63) is 101 Å². The van der Waals surface area contributed by atoms with Crippen LogP contribution in [0.25, 0.3) is 50.4 Å². The number of imide groups is 1. The van der Waals surface area contributed by atoms with E-state index in [0.29, 0.717) is 40.8 Å². The Morgan fingerprint density at radius 3 is 2.02 bits per heavy atom. The molecule has 52 heavy (non-hydrogen) atoms. The number of amides is 2. The minimum atomic E-state index is -0.906. The van der Waals surface area contributed by atoms with Gasteiger partial charge in [0.1, 0.15) is 5.78 Å². The van der Waals surface area contributed by atoms with Crippen LogP contribution in [0.3, 0.4) is 0 Å². The molecule has 0 aliphatic carbocycles. The quantitative estimate of drug-likeness (QED) is 0.154. The van der Waals surface area contributed by atoms with Crippen molar-refractivity contribution >= 4 is 74.0 Å². The number of carbonyl (C=O) groups is 4. The Hall–Kier alpha value is -5.28. The summed E-state index contributed by atoms with van der Waals surface area (Å²) >= 11 is 0. The molecule has 3 aromatic heterocycles. The number of Topliss-reactive ketones (excluding diaryl/α,β-unsaturated/α-hetero) is 1. The molecule has 0 fully saturated rings. The van der Waals surface area contributed by atoms with Crippen LogP contribution in [-0.4, -0.2) is 50.1 Å². The molecule has 3 aliphatic heterocycles. The molecule has 3 aliphatic rings. The summed E-state index contributed by atoms with van der Waals surface area (Å²) in [5.74, 6) is -1.61. The zero-order chi connectivity index (χ0) is 36.6. The average Bonchev–Trinajstić information content (AvgIpc) is 3.83. The second kappa shape index (κ2) is 15.5. The van der Waals surface area contributed by atoms with E-state index in [1.54, 1.807) is 12.2 Å². The van der Waals surface area contributed by atoms with Crippen molar-refractivity contribution in [1.29, 1.82) is 0 Å². The number of nitrogens with zero attached hydrogens (tertiary/aromatic N) is 5. The first-order chi connectivity index (χ1) is 24.4. The third-order valence-electron chi connectivity index (χ3n) is 9.87. The van der Waals surface area contributed by atoms with Crippen LogP contribution < -0.4 is 9.97 Å². The van der Waals surface area contributed by atoms with Gasteiger partial charge in [-0.25, -0.2) is 9.97 Å². The first-order valence-corrected chi connectivity index (χ1v) is 17.0. The van der Waals surface area contributed by atoms with Crippen LogP contribution in [0, 0.1) is 13.8 Å². The summed E-state index contributed by atoms with van der Waals surface area (Å²) in [6.45, 7) is 16.2. The first kappa shape index (κ1) is 38.0. The van der Waals surface area contributed by atoms with Gasteiger partial charge in [0.2, 0.25) is 0 Å². The van der Waals surface area contributed by atoms with Crippen LogP contribution in [-0.2, 0) is 45.1 Å². The summed E-state index contributed by atoms with van der Waals surface area (Å²) in [6.07, 6.45) is 7.54. The zero-order valence-electron chi connectivity index (χ0n) is 30.0. The van der Waals surface area contributed by atoms with E-state index in [2.05, 4.69) is 13.2 Å². The first-order valence-electron chi connectivity index (χ1n) is 17.0.